The van der Waals surface area contributed by atoms with Gasteiger partial charge in [-0.15, -0.1) is 0 Å². The van der Waals surface area contributed by atoms with Gasteiger partial charge in [0.05, 0.1) is 16.7 Å². The van der Waals surface area contributed by atoms with Crippen LogP contribution in [0.4, 0.5) is 5.69 Å². The number of carbonyl (C=O) groups is 4. The Hall–Kier alpha value is -4.80. The highest BCUT2D eigenvalue weighted by atomic mass is 16.5. The van der Waals surface area contributed by atoms with Gasteiger partial charge in [-0.25, -0.2) is 14.8 Å². The van der Waals surface area contributed by atoms with Crippen molar-refractivity contribution in [2.45, 2.75) is 13.0 Å². The average Bonchev–Trinajstić information content (AvgIpc) is 2.87. The molecule has 0 radical (unpaired) electrons. The van der Waals surface area contributed by atoms with Crippen LogP contribution in [-0.4, -0.2) is 45.4 Å². The number of fused-ring (bicyclic) bond motifs is 1. The Balaban J connectivity index is 1.48. The highest BCUT2D eigenvalue weighted by molar-refractivity contribution is 5.97. The summed E-state index contributed by atoms with van der Waals surface area (Å²) in [4.78, 5) is 55.5. The van der Waals surface area contributed by atoms with E-state index in [1.54, 1.807) is 0 Å². The van der Waals surface area contributed by atoms with E-state index < -0.39 is 36.7 Å². The summed E-state index contributed by atoms with van der Waals surface area (Å²) in [7, 11) is 0. The zero-order valence-electron chi connectivity index (χ0n) is 21.3. The number of carboxylic acid groups (broad SMARTS) is 1. The molecule has 11 heteroatoms. The van der Waals surface area contributed by atoms with E-state index in [9.17, 15) is 19.2 Å². The Labute approximate surface area is 198 Å². The van der Waals surface area contributed by atoms with Crippen LogP contribution in [0.25, 0.3) is 0 Å². The topological polar surface area (TPSA) is 160 Å². The number of rotatable bonds is 7. The largest absolute Gasteiger partial charge is 0.482 e. The van der Waals surface area contributed by atoms with Crippen molar-refractivity contribution in [1.29, 1.82) is 0 Å². The zero-order chi connectivity index (χ0) is 27.7. The number of carboxylic acids is 1. The molecule has 34 heavy (non-hydrogen) atoms. The number of anilines is 1. The first-order valence-corrected chi connectivity index (χ1v) is 9.74. The monoisotopic (exact) mass is 465 g/mol. The SMILES string of the molecule is [2H]C([2H])(NC(=O)c1cc(C(=O)NC([2H])([2H])c2ccc3c(c2)NC(=O)CO3)ncn1)c1ccc(C(=O)O)cc1. The van der Waals surface area contributed by atoms with Crippen molar-refractivity contribution >= 4 is 29.4 Å². The van der Waals surface area contributed by atoms with Crippen molar-refractivity contribution in [3.05, 3.63) is 82.9 Å². The molecule has 2 heterocycles. The molecule has 4 rings (SSSR count). The minimum Gasteiger partial charge on any atom is -0.482 e. The van der Waals surface area contributed by atoms with Crippen LogP contribution in [0.1, 0.15) is 47.9 Å². The first-order valence-electron chi connectivity index (χ1n) is 11.7. The lowest BCUT2D eigenvalue weighted by molar-refractivity contribution is -0.118. The summed E-state index contributed by atoms with van der Waals surface area (Å²) >= 11 is 0. The van der Waals surface area contributed by atoms with Gasteiger partial charge in [0.15, 0.2) is 6.61 Å². The predicted octanol–water partition coefficient (Wildman–Crippen LogP) is 1.37. The average molecular weight is 465 g/mol. The van der Waals surface area contributed by atoms with Crippen LogP contribution in [0, 0.1) is 0 Å². The maximum atomic E-state index is 12.8. The fourth-order valence-electron chi connectivity index (χ4n) is 2.85. The molecular weight excluding hydrogens is 442 g/mol. The Morgan fingerprint density at radius 2 is 1.59 bits per heavy atom. The second-order valence-electron chi connectivity index (χ2n) is 6.88. The molecule has 0 aliphatic carbocycles. The fraction of sp³-hybridized carbons (Fsp3) is 0.130. The van der Waals surface area contributed by atoms with Gasteiger partial charge in [0.25, 0.3) is 17.7 Å². The Morgan fingerprint density at radius 1 is 0.971 bits per heavy atom. The first-order chi connectivity index (χ1) is 17.9. The molecule has 3 amide bonds. The summed E-state index contributed by atoms with van der Waals surface area (Å²) in [6.45, 7) is -5.00. The number of hydrogen-bond donors (Lipinski definition) is 4. The molecule has 0 atom stereocenters. The van der Waals surface area contributed by atoms with Gasteiger partial charge in [-0.2, -0.15) is 0 Å². The number of hydrogen-bond acceptors (Lipinski definition) is 7. The highest BCUT2D eigenvalue weighted by Gasteiger charge is 2.17. The van der Waals surface area contributed by atoms with Crippen molar-refractivity contribution in [3.8, 4) is 5.75 Å². The minimum absolute atomic E-state index is 0.00420. The molecule has 3 aromatic rings. The van der Waals surface area contributed by atoms with E-state index in [2.05, 4.69) is 25.9 Å². The second-order valence-corrected chi connectivity index (χ2v) is 6.88. The van der Waals surface area contributed by atoms with Gasteiger partial charge in [0.2, 0.25) is 0 Å². The van der Waals surface area contributed by atoms with E-state index >= 15 is 0 Å². The van der Waals surface area contributed by atoms with Crippen LogP contribution in [0.3, 0.4) is 0 Å². The molecule has 0 spiro atoms. The fourth-order valence-corrected chi connectivity index (χ4v) is 2.85. The summed E-state index contributed by atoms with van der Waals surface area (Å²) < 4.78 is 38.1. The third-order valence-corrected chi connectivity index (χ3v) is 4.52. The summed E-state index contributed by atoms with van der Waals surface area (Å²) in [6, 6.07) is 9.90. The normalized spacial score (nSPS) is 14.6. The van der Waals surface area contributed by atoms with Gasteiger partial charge in [0.1, 0.15) is 23.5 Å². The molecular formula is C23H19N5O6. The summed E-state index contributed by atoms with van der Waals surface area (Å²) in [6.07, 6.45) is 0.891. The van der Waals surface area contributed by atoms with Gasteiger partial charge in [0, 0.05) is 19.1 Å². The lowest BCUT2D eigenvalue weighted by Crippen LogP contribution is -2.27. The second kappa shape index (κ2) is 9.77. The van der Waals surface area contributed by atoms with Crippen molar-refractivity contribution in [2.75, 3.05) is 11.9 Å². The number of amides is 3. The quantitative estimate of drug-likeness (QED) is 0.407. The van der Waals surface area contributed by atoms with Crippen molar-refractivity contribution in [3.63, 3.8) is 0 Å². The van der Waals surface area contributed by atoms with Crippen LogP contribution in [0.5, 0.6) is 5.75 Å². The molecule has 0 saturated heterocycles. The summed E-state index contributed by atoms with van der Waals surface area (Å²) in [5.41, 5.74) is -0.576. The molecule has 2 aromatic carbocycles. The maximum absolute atomic E-state index is 12.8. The number of aromatic carboxylic acids is 1. The molecule has 11 nitrogen and oxygen atoms in total. The Bertz CT molecular complexity index is 1450. The Kier molecular flexibility index (Phi) is 5.09. The number of nitrogens with zero attached hydrogens (tertiary/aromatic N) is 2. The number of ether oxygens (including phenoxy) is 1. The predicted molar refractivity (Wildman–Crippen MR) is 118 cm³/mol. The smallest absolute Gasteiger partial charge is 0.335 e. The molecule has 172 valence electrons. The summed E-state index contributed by atoms with van der Waals surface area (Å²) in [5.74, 6) is -3.24. The third-order valence-electron chi connectivity index (χ3n) is 4.52. The molecule has 1 aromatic heterocycles. The number of aromatic nitrogens is 2. The Morgan fingerprint density at radius 3 is 2.24 bits per heavy atom. The summed E-state index contributed by atoms with van der Waals surface area (Å²) in [5, 5.41) is 15.8. The van der Waals surface area contributed by atoms with E-state index in [4.69, 9.17) is 15.3 Å². The van der Waals surface area contributed by atoms with Crippen LogP contribution >= 0.6 is 0 Å². The molecule has 1 aliphatic heterocycles. The number of nitrogens with one attached hydrogen (secondary N) is 3. The first kappa shape index (κ1) is 17.7. The maximum Gasteiger partial charge on any atom is 0.335 e. The molecule has 0 bridgehead atoms. The standard InChI is InChI=1S/C23H19N5O6/c29-20-11-34-19-6-3-14(7-16(19)28-20)10-25-22(31)18-8-17(26-12-27-18)21(30)24-9-13-1-4-15(5-2-13)23(32)33/h1-8,12H,9-11H2,(H,24,30)(H,25,31)(H,28,29)(H,32,33)/i9D2,10D2. The third kappa shape index (κ3) is 5.33. The van der Waals surface area contributed by atoms with Gasteiger partial charge in [-0.1, -0.05) is 18.2 Å². The minimum atomic E-state index is -2.42. The van der Waals surface area contributed by atoms with Crippen LogP contribution in [-0.2, 0) is 17.8 Å². The van der Waals surface area contributed by atoms with Crippen molar-refractivity contribution in [1.82, 2.24) is 20.6 Å². The lowest BCUT2D eigenvalue weighted by atomic mass is 10.1. The van der Waals surface area contributed by atoms with E-state index in [1.165, 1.54) is 42.5 Å². The van der Waals surface area contributed by atoms with Crippen LogP contribution in [0.2, 0.25) is 0 Å². The van der Waals surface area contributed by atoms with Crippen molar-refractivity contribution < 1.29 is 34.5 Å². The molecule has 0 unspecified atom stereocenters. The lowest BCUT2D eigenvalue weighted by Gasteiger charge is -2.18. The van der Waals surface area contributed by atoms with Gasteiger partial charge < -0.3 is 25.8 Å². The number of benzene rings is 2. The molecule has 0 fully saturated rings. The van der Waals surface area contributed by atoms with E-state index in [-0.39, 0.29) is 40.4 Å². The van der Waals surface area contributed by atoms with Gasteiger partial charge in [-0.05, 0) is 35.4 Å². The van der Waals surface area contributed by atoms with Crippen LogP contribution < -0.4 is 20.7 Å². The van der Waals surface area contributed by atoms with Crippen LogP contribution in [0.15, 0.2) is 54.9 Å². The molecule has 0 saturated carbocycles. The highest BCUT2D eigenvalue weighted by Crippen LogP contribution is 2.28. The van der Waals surface area contributed by atoms with Crippen molar-refractivity contribution in [2.24, 2.45) is 0 Å². The molecule has 4 N–H and O–H groups in total. The zero-order valence-corrected chi connectivity index (χ0v) is 17.3. The van der Waals surface area contributed by atoms with Gasteiger partial charge >= 0.3 is 5.97 Å². The number of carbonyl (C=O) groups excluding carboxylic acids is 3. The van der Waals surface area contributed by atoms with Gasteiger partial charge in [-0.3, -0.25) is 14.4 Å². The molecule has 1 aliphatic rings. The van der Waals surface area contributed by atoms with E-state index in [1.807, 2.05) is 0 Å². The van der Waals surface area contributed by atoms with E-state index in [0.29, 0.717) is 5.75 Å². The van der Waals surface area contributed by atoms with E-state index in [0.717, 1.165) is 12.4 Å².